The number of nitro benzene ring substituents is 1. The number of nitro groups is 1. The topological polar surface area (TPSA) is 87.8 Å². The van der Waals surface area contributed by atoms with Gasteiger partial charge in [0.05, 0.1) is 4.92 Å². The summed E-state index contributed by atoms with van der Waals surface area (Å²) in [6.07, 6.45) is 1.65. The smallest absolute Gasteiger partial charge is 0.271 e. The zero-order chi connectivity index (χ0) is 16.1. The number of carbonyl (C=O) groups is 1. The number of likely N-dealkylation sites (tertiary alicyclic amines) is 1. The highest BCUT2D eigenvalue weighted by atomic mass is 16.6. The van der Waals surface area contributed by atoms with Gasteiger partial charge >= 0.3 is 0 Å². The fraction of sp³-hybridized carbons (Fsp3) is 0.467. The number of carbonyl (C=O) groups excluding carboxylic acids is 1. The average molecular weight is 304 g/mol. The molecule has 0 saturated carbocycles. The molecule has 118 valence electrons. The number of amides is 1. The quantitative estimate of drug-likeness (QED) is 0.682. The van der Waals surface area contributed by atoms with Crippen molar-refractivity contribution in [2.24, 2.45) is 5.10 Å². The van der Waals surface area contributed by atoms with E-state index in [1.165, 1.54) is 24.3 Å². The Hall–Kier alpha value is -2.28. The van der Waals surface area contributed by atoms with E-state index in [9.17, 15) is 14.9 Å². The molecule has 2 rings (SSSR count). The largest absolute Gasteiger partial charge is 0.300 e. The van der Waals surface area contributed by atoms with E-state index in [0.717, 1.165) is 31.6 Å². The molecule has 1 amide bonds. The molecule has 0 aliphatic carbocycles. The van der Waals surface area contributed by atoms with Crippen molar-refractivity contribution >= 4 is 17.3 Å². The van der Waals surface area contributed by atoms with Gasteiger partial charge in [-0.15, -0.1) is 0 Å². The Morgan fingerprint density at radius 1 is 1.36 bits per heavy atom. The molecule has 7 nitrogen and oxygen atoms in total. The summed E-state index contributed by atoms with van der Waals surface area (Å²) >= 11 is 0. The highest BCUT2D eigenvalue weighted by Crippen LogP contribution is 2.13. The first kappa shape index (κ1) is 16.1. The first-order valence-corrected chi connectivity index (χ1v) is 7.31. The van der Waals surface area contributed by atoms with Gasteiger partial charge in [0.25, 0.3) is 11.6 Å². The van der Waals surface area contributed by atoms with E-state index in [1.54, 1.807) is 0 Å². The van der Waals surface area contributed by atoms with Crippen LogP contribution in [0.15, 0.2) is 29.4 Å². The molecule has 1 aromatic rings. The molecule has 1 fully saturated rings. The highest BCUT2D eigenvalue weighted by Gasteiger charge is 2.17. The molecule has 0 spiro atoms. The number of benzene rings is 1. The Labute approximate surface area is 129 Å². The van der Waals surface area contributed by atoms with Gasteiger partial charge in [-0.2, -0.15) is 5.10 Å². The van der Waals surface area contributed by atoms with Gasteiger partial charge in [-0.05, 0) is 19.9 Å². The number of hydrogen-bond donors (Lipinski definition) is 1. The van der Waals surface area contributed by atoms with Crippen molar-refractivity contribution in [1.82, 2.24) is 10.3 Å². The minimum Gasteiger partial charge on any atom is -0.300 e. The molecule has 0 bridgehead atoms. The molecule has 7 heteroatoms. The van der Waals surface area contributed by atoms with Crippen molar-refractivity contribution in [2.75, 3.05) is 13.1 Å². The summed E-state index contributed by atoms with van der Waals surface area (Å²) in [6, 6.07) is 6.13. The van der Waals surface area contributed by atoms with Crippen LogP contribution in [0.5, 0.6) is 0 Å². The van der Waals surface area contributed by atoms with Crippen LogP contribution in [0, 0.1) is 10.1 Å². The van der Waals surface area contributed by atoms with E-state index in [2.05, 4.69) is 29.3 Å². The molecule has 0 radical (unpaired) electrons. The third-order valence-electron chi connectivity index (χ3n) is 3.74. The molecule has 1 N–H and O–H groups in total. The monoisotopic (exact) mass is 304 g/mol. The first-order chi connectivity index (χ1) is 10.5. The van der Waals surface area contributed by atoms with Crippen LogP contribution < -0.4 is 5.43 Å². The van der Waals surface area contributed by atoms with Crippen molar-refractivity contribution in [3.05, 3.63) is 39.9 Å². The lowest BCUT2D eigenvalue weighted by Gasteiger charge is -2.30. The normalized spacial score (nSPS) is 15.7. The third-order valence-corrected chi connectivity index (χ3v) is 3.74. The predicted octanol–water partition coefficient (Wildman–Crippen LogP) is 2.18. The van der Waals surface area contributed by atoms with E-state index < -0.39 is 10.8 Å². The number of hydrogen-bond acceptors (Lipinski definition) is 5. The lowest BCUT2D eigenvalue weighted by molar-refractivity contribution is -0.384. The molecule has 1 aliphatic rings. The average Bonchev–Trinajstić information content (AvgIpc) is 2.53. The Morgan fingerprint density at radius 3 is 2.64 bits per heavy atom. The SMILES string of the molecule is CC(C)N1CCC(=NNC(=O)c2cccc([N+](=O)[O-])c2)CC1. The van der Waals surface area contributed by atoms with Gasteiger partial charge in [-0.25, -0.2) is 5.43 Å². The second-order valence-electron chi connectivity index (χ2n) is 5.56. The van der Waals surface area contributed by atoms with Crippen LogP contribution in [0.25, 0.3) is 0 Å². The molecule has 0 aromatic heterocycles. The molecule has 1 aliphatic heterocycles. The summed E-state index contributed by atoms with van der Waals surface area (Å²) in [5.41, 5.74) is 3.57. The summed E-state index contributed by atoms with van der Waals surface area (Å²) in [6.45, 7) is 6.19. The lowest BCUT2D eigenvalue weighted by atomic mass is 10.1. The summed E-state index contributed by atoms with van der Waals surface area (Å²) in [7, 11) is 0. The maximum absolute atomic E-state index is 12.0. The molecular weight excluding hydrogens is 284 g/mol. The van der Waals surface area contributed by atoms with Gasteiger partial charge in [0, 0.05) is 55.4 Å². The number of piperidine rings is 1. The third kappa shape index (κ3) is 4.11. The van der Waals surface area contributed by atoms with Crippen molar-refractivity contribution in [3.63, 3.8) is 0 Å². The maximum Gasteiger partial charge on any atom is 0.271 e. The second kappa shape index (κ2) is 7.13. The molecule has 0 unspecified atom stereocenters. The van der Waals surface area contributed by atoms with Crippen molar-refractivity contribution in [2.45, 2.75) is 32.7 Å². The van der Waals surface area contributed by atoms with Crippen LogP contribution in [-0.2, 0) is 0 Å². The molecule has 22 heavy (non-hydrogen) atoms. The van der Waals surface area contributed by atoms with Crippen molar-refractivity contribution < 1.29 is 9.72 Å². The van der Waals surface area contributed by atoms with E-state index in [1.807, 2.05) is 0 Å². The highest BCUT2D eigenvalue weighted by molar-refractivity contribution is 5.96. The molecule has 1 heterocycles. The maximum atomic E-state index is 12.0. The molecular formula is C15H20N4O3. The minimum absolute atomic E-state index is 0.106. The van der Waals surface area contributed by atoms with Crippen LogP contribution in [0.1, 0.15) is 37.0 Å². The van der Waals surface area contributed by atoms with Gasteiger partial charge in [-0.3, -0.25) is 14.9 Å². The van der Waals surface area contributed by atoms with Crippen molar-refractivity contribution in [3.8, 4) is 0 Å². The van der Waals surface area contributed by atoms with E-state index in [4.69, 9.17) is 0 Å². The minimum atomic E-state index is -0.524. The molecule has 1 aromatic carbocycles. The molecule has 1 saturated heterocycles. The summed E-state index contributed by atoms with van der Waals surface area (Å²) in [5.74, 6) is -0.428. The molecule has 0 atom stereocenters. The van der Waals surface area contributed by atoms with E-state index >= 15 is 0 Å². The first-order valence-electron chi connectivity index (χ1n) is 7.31. The zero-order valence-electron chi connectivity index (χ0n) is 12.8. The van der Waals surface area contributed by atoms with E-state index in [-0.39, 0.29) is 11.3 Å². The fourth-order valence-corrected chi connectivity index (χ4v) is 2.37. The van der Waals surface area contributed by atoms with E-state index in [0.29, 0.717) is 6.04 Å². The second-order valence-corrected chi connectivity index (χ2v) is 5.56. The number of hydrazone groups is 1. The van der Waals surface area contributed by atoms with Gasteiger partial charge in [0.2, 0.25) is 0 Å². The predicted molar refractivity (Wildman–Crippen MR) is 83.9 cm³/mol. The number of nitrogens with one attached hydrogen (secondary N) is 1. The van der Waals surface area contributed by atoms with Crippen LogP contribution in [0.4, 0.5) is 5.69 Å². The van der Waals surface area contributed by atoms with Gasteiger partial charge in [0.15, 0.2) is 0 Å². The van der Waals surface area contributed by atoms with Crippen LogP contribution in [-0.4, -0.2) is 40.6 Å². The van der Waals surface area contributed by atoms with Gasteiger partial charge in [0.1, 0.15) is 0 Å². The lowest BCUT2D eigenvalue weighted by Crippen LogP contribution is -2.39. The Kier molecular flexibility index (Phi) is 5.21. The number of nitrogens with zero attached hydrogens (tertiary/aromatic N) is 3. The van der Waals surface area contributed by atoms with Crippen LogP contribution in [0.3, 0.4) is 0 Å². The van der Waals surface area contributed by atoms with Crippen LogP contribution in [0.2, 0.25) is 0 Å². The Balaban J connectivity index is 1.94. The Bertz CT molecular complexity index is 588. The number of rotatable bonds is 4. The van der Waals surface area contributed by atoms with Crippen LogP contribution >= 0.6 is 0 Å². The van der Waals surface area contributed by atoms with Gasteiger partial charge < -0.3 is 4.90 Å². The standard InChI is InChI=1S/C15H20N4O3/c1-11(2)18-8-6-13(7-9-18)16-17-15(20)12-4-3-5-14(10-12)19(21)22/h3-5,10-11H,6-9H2,1-2H3,(H,17,20). The van der Waals surface area contributed by atoms with Crippen molar-refractivity contribution in [1.29, 1.82) is 0 Å². The zero-order valence-corrected chi connectivity index (χ0v) is 12.8. The summed E-state index contributed by atoms with van der Waals surface area (Å²) in [5, 5.41) is 14.9. The Morgan fingerprint density at radius 2 is 2.05 bits per heavy atom. The number of non-ortho nitro benzene ring substituents is 1. The summed E-state index contributed by atoms with van der Waals surface area (Å²) in [4.78, 5) is 24.5. The van der Waals surface area contributed by atoms with Gasteiger partial charge in [-0.1, -0.05) is 6.07 Å². The summed E-state index contributed by atoms with van der Waals surface area (Å²) < 4.78 is 0. The fourth-order valence-electron chi connectivity index (χ4n) is 2.37.